The van der Waals surface area contributed by atoms with E-state index in [0.717, 1.165) is 39.2 Å². The van der Waals surface area contributed by atoms with Crippen molar-refractivity contribution >= 4 is 11.7 Å². The van der Waals surface area contributed by atoms with Gasteiger partial charge in [-0.15, -0.1) is 0 Å². The lowest BCUT2D eigenvalue weighted by atomic mass is 9.72. The van der Waals surface area contributed by atoms with Crippen molar-refractivity contribution in [3.8, 4) is 11.5 Å². The third kappa shape index (κ3) is 3.19. The van der Waals surface area contributed by atoms with Crippen molar-refractivity contribution in [2.45, 2.75) is 38.5 Å². The number of phenolic OH excluding ortho intramolecular Hbond substituents is 1. The standard InChI is InChI=1S/C25H24N2O4/c1-13-5-4-6-16(9-13)23-22-14(2)27-31-25(22)26-18-10-17(11-20(29)24(18)23)15-7-8-19(28)21(12-15)30-3/h4-9,12,17,23,26,28H,10-11H2,1-3H3/t17-,23-/m0/s1. The fourth-order valence-electron chi connectivity index (χ4n) is 4.84. The van der Waals surface area contributed by atoms with Crippen LogP contribution in [-0.2, 0) is 4.79 Å². The molecule has 6 heteroatoms. The van der Waals surface area contributed by atoms with Crippen LogP contribution in [0.25, 0.3) is 0 Å². The molecule has 0 unspecified atom stereocenters. The SMILES string of the molecule is COc1cc([C@@H]2CC(=O)C3=C(C2)Nc2onc(C)c2[C@@H]3c2cccc(C)c2)ccc1O. The Hall–Kier alpha value is -3.54. The van der Waals surface area contributed by atoms with E-state index >= 15 is 0 Å². The Labute approximate surface area is 180 Å². The molecule has 0 saturated heterocycles. The number of carbonyl (C=O) groups excluding carboxylic acids is 1. The summed E-state index contributed by atoms with van der Waals surface area (Å²) in [6.07, 6.45) is 1.06. The molecule has 0 spiro atoms. The average molecular weight is 416 g/mol. The minimum atomic E-state index is -0.194. The Bertz CT molecular complexity index is 1220. The van der Waals surface area contributed by atoms with E-state index in [9.17, 15) is 9.90 Å². The highest BCUT2D eigenvalue weighted by atomic mass is 16.5. The molecular formula is C25H24N2O4. The number of hydrogen-bond acceptors (Lipinski definition) is 6. The third-order valence-corrected chi connectivity index (χ3v) is 6.31. The summed E-state index contributed by atoms with van der Waals surface area (Å²) < 4.78 is 10.8. The van der Waals surface area contributed by atoms with Crippen LogP contribution in [0.2, 0.25) is 0 Å². The number of ketones is 1. The van der Waals surface area contributed by atoms with E-state index in [1.165, 1.54) is 7.11 Å². The second-order valence-electron chi connectivity index (χ2n) is 8.33. The Balaban J connectivity index is 1.60. The number of aryl methyl sites for hydroxylation is 2. The van der Waals surface area contributed by atoms with Gasteiger partial charge < -0.3 is 19.7 Å². The zero-order chi connectivity index (χ0) is 21.7. The highest BCUT2D eigenvalue weighted by molar-refractivity contribution is 6.01. The van der Waals surface area contributed by atoms with E-state index in [2.05, 4.69) is 35.6 Å². The number of rotatable bonds is 3. The number of aromatic nitrogens is 1. The summed E-state index contributed by atoms with van der Waals surface area (Å²) in [6.45, 7) is 3.97. The van der Waals surface area contributed by atoms with Crippen molar-refractivity contribution in [3.63, 3.8) is 0 Å². The van der Waals surface area contributed by atoms with Crippen molar-refractivity contribution in [2.24, 2.45) is 0 Å². The molecule has 2 heterocycles. The second kappa shape index (κ2) is 7.30. The topological polar surface area (TPSA) is 84.6 Å². The fourth-order valence-corrected chi connectivity index (χ4v) is 4.84. The van der Waals surface area contributed by atoms with Gasteiger partial charge in [0, 0.05) is 23.6 Å². The molecule has 31 heavy (non-hydrogen) atoms. The van der Waals surface area contributed by atoms with Gasteiger partial charge in [0.05, 0.1) is 18.4 Å². The van der Waals surface area contributed by atoms with Gasteiger partial charge in [-0.25, -0.2) is 0 Å². The lowest BCUT2D eigenvalue weighted by molar-refractivity contribution is -0.116. The van der Waals surface area contributed by atoms with Gasteiger partial charge in [-0.2, -0.15) is 0 Å². The highest BCUT2D eigenvalue weighted by Gasteiger charge is 2.41. The van der Waals surface area contributed by atoms with E-state index in [-0.39, 0.29) is 23.4 Å². The van der Waals surface area contributed by atoms with E-state index in [0.29, 0.717) is 24.5 Å². The zero-order valence-electron chi connectivity index (χ0n) is 17.7. The number of Topliss-reactive ketones (excluding diaryl/α,β-unsaturated/α-hetero) is 1. The van der Waals surface area contributed by atoms with Crippen LogP contribution in [0.4, 0.5) is 5.88 Å². The Morgan fingerprint density at radius 3 is 2.74 bits per heavy atom. The summed E-state index contributed by atoms with van der Waals surface area (Å²) in [7, 11) is 1.52. The third-order valence-electron chi connectivity index (χ3n) is 6.31. The van der Waals surface area contributed by atoms with Crippen LogP contribution in [0.3, 0.4) is 0 Å². The van der Waals surface area contributed by atoms with E-state index in [1.54, 1.807) is 6.07 Å². The quantitative estimate of drug-likeness (QED) is 0.628. The number of aromatic hydroxyl groups is 1. The van der Waals surface area contributed by atoms with E-state index < -0.39 is 0 Å². The number of benzene rings is 2. The van der Waals surface area contributed by atoms with Crippen LogP contribution in [-0.4, -0.2) is 23.2 Å². The van der Waals surface area contributed by atoms with Crippen LogP contribution in [0.1, 0.15) is 52.6 Å². The van der Waals surface area contributed by atoms with Crippen LogP contribution in [0, 0.1) is 13.8 Å². The molecule has 0 amide bonds. The first-order valence-corrected chi connectivity index (χ1v) is 10.4. The normalized spacial score (nSPS) is 20.2. The molecule has 0 radical (unpaired) electrons. The number of ether oxygens (including phenoxy) is 1. The smallest absolute Gasteiger partial charge is 0.233 e. The summed E-state index contributed by atoms with van der Waals surface area (Å²) in [6, 6.07) is 13.5. The summed E-state index contributed by atoms with van der Waals surface area (Å²) >= 11 is 0. The first-order valence-electron chi connectivity index (χ1n) is 10.4. The average Bonchev–Trinajstić information content (AvgIpc) is 3.12. The molecule has 0 bridgehead atoms. The molecule has 0 saturated carbocycles. The maximum atomic E-state index is 13.5. The van der Waals surface area contributed by atoms with Crippen LogP contribution in [0.5, 0.6) is 11.5 Å². The summed E-state index contributed by atoms with van der Waals surface area (Å²) in [4.78, 5) is 13.5. The summed E-state index contributed by atoms with van der Waals surface area (Å²) in [5.41, 5.74) is 6.57. The molecule has 2 N–H and O–H groups in total. The van der Waals surface area contributed by atoms with Gasteiger partial charge in [0.2, 0.25) is 5.88 Å². The number of carbonyl (C=O) groups is 1. The lowest BCUT2D eigenvalue weighted by Gasteiger charge is -2.34. The molecule has 3 aromatic rings. The number of phenols is 1. The monoisotopic (exact) mass is 416 g/mol. The highest BCUT2D eigenvalue weighted by Crippen LogP contribution is 2.49. The minimum Gasteiger partial charge on any atom is -0.504 e. The summed E-state index contributed by atoms with van der Waals surface area (Å²) in [5, 5.41) is 17.5. The fraction of sp³-hybridized carbons (Fsp3) is 0.280. The number of methoxy groups -OCH3 is 1. The first-order chi connectivity index (χ1) is 15.0. The predicted molar refractivity (Wildman–Crippen MR) is 117 cm³/mol. The van der Waals surface area contributed by atoms with Gasteiger partial charge in [-0.3, -0.25) is 4.79 Å². The number of nitrogens with one attached hydrogen (secondary N) is 1. The Morgan fingerprint density at radius 1 is 1.13 bits per heavy atom. The molecule has 158 valence electrons. The molecule has 1 aliphatic carbocycles. The molecule has 5 rings (SSSR count). The van der Waals surface area contributed by atoms with Gasteiger partial charge in [0.15, 0.2) is 17.3 Å². The van der Waals surface area contributed by atoms with Crippen molar-refractivity contribution in [3.05, 3.63) is 81.7 Å². The number of allylic oxidation sites excluding steroid dienone is 2. The second-order valence-corrected chi connectivity index (χ2v) is 8.33. The zero-order valence-corrected chi connectivity index (χ0v) is 17.7. The number of hydrogen-bond donors (Lipinski definition) is 2. The molecule has 1 aromatic heterocycles. The van der Waals surface area contributed by atoms with Crippen molar-refractivity contribution in [1.82, 2.24) is 5.16 Å². The van der Waals surface area contributed by atoms with Gasteiger partial charge in [0.25, 0.3) is 0 Å². The Morgan fingerprint density at radius 2 is 1.97 bits per heavy atom. The maximum absolute atomic E-state index is 13.5. The molecule has 1 aliphatic heterocycles. The largest absolute Gasteiger partial charge is 0.504 e. The number of anilines is 1. The lowest BCUT2D eigenvalue weighted by Crippen LogP contribution is -2.29. The van der Waals surface area contributed by atoms with Gasteiger partial charge in [-0.05, 0) is 49.4 Å². The van der Waals surface area contributed by atoms with Gasteiger partial charge >= 0.3 is 0 Å². The minimum absolute atomic E-state index is 0.0167. The molecule has 2 aromatic carbocycles. The predicted octanol–water partition coefficient (Wildman–Crippen LogP) is 4.96. The molecule has 6 nitrogen and oxygen atoms in total. The number of nitrogens with zero attached hydrogens (tertiary/aromatic N) is 1. The molecule has 2 aliphatic rings. The first kappa shape index (κ1) is 19.4. The molecular weight excluding hydrogens is 392 g/mol. The molecule has 0 fully saturated rings. The van der Waals surface area contributed by atoms with Crippen molar-refractivity contribution in [1.29, 1.82) is 0 Å². The van der Waals surface area contributed by atoms with Crippen LogP contribution >= 0.6 is 0 Å². The van der Waals surface area contributed by atoms with Crippen LogP contribution < -0.4 is 10.1 Å². The van der Waals surface area contributed by atoms with E-state index in [4.69, 9.17) is 9.26 Å². The van der Waals surface area contributed by atoms with Crippen molar-refractivity contribution < 1.29 is 19.2 Å². The molecule has 2 atom stereocenters. The van der Waals surface area contributed by atoms with E-state index in [1.807, 2.05) is 25.1 Å². The number of fused-ring (bicyclic) bond motifs is 1. The van der Waals surface area contributed by atoms with Crippen molar-refractivity contribution in [2.75, 3.05) is 12.4 Å². The maximum Gasteiger partial charge on any atom is 0.233 e. The summed E-state index contributed by atoms with van der Waals surface area (Å²) in [5.74, 6) is 1.01. The Kier molecular flexibility index (Phi) is 4.58. The van der Waals surface area contributed by atoms with Gasteiger partial charge in [0.1, 0.15) is 0 Å². The van der Waals surface area contributed by atoms with Crippen LogP contribution in [0.15, 0.2) is 58.3 Å². The van der Waals surface area contributed by atoms with Gasteiger partial charge in [-0.1, -0.05) is 41.1 Å².